The maximum absolute atomic E-state index is 13.4. The highest BCUT2D eigenvalue weighted by Gasteiger charge is 2.56. The van der Waals surface area contributed by atoms with Gasteiger partial charge in [0.1, 0.15) is 11.5 Å². The van der Waals surface area contributed by atoms with Crippen molar-refractivity contribution < 1.29 is 14.3 Å². The van der Waals surface area contributed by atoms with Crippen LogP contribution < -0.4 is 5.32 Å². The molecule has 4 rings (SSSR count). The predicted molar refractivity (Wildman–Crippen MR) is 110 cm³/mol. The van der Waals surface area contributed by atoms with E-state index >= 15 is 0 Å². The molecule has 5 heteroatoms. The monoisotopic (exact) mass is 397 g/mol. The van der Waals surface area contributed by atoms with E-state index < -0.39 is 11.5 Å². The number of ketones is 1. The van der Waals surface area contributed by atoms with Crippen molar-refractivity contribution in [3.63, 3.8) is 0 Å². The molecule has 2 aliphatic rings. The van der Waals surface area contributed by atoms with Crippen molar-refractivity contribution in [1.82, 2.24) is 5.32 Å². The molecule has 1 aliphatic carbocycles. The van der Waals surface area contributed by atoms with Gasteiger partial charge in [-0.05, 0) is 66.6 Å². The van der Waals surface area contributed by atoms with E-state index in [-0.39, 0.29) is 17.8 Å². The van der Waals surface area contributed by atoms with E-state index in [4.69, 9.17) is 16.3 Å². The van der Waals surface area contributed by atoms with Gasteiger partial charge in [-0.3, -0.25) is 9.59 Å². The number of ether oxygens (including phenoxy) is 1. The van der Waals surface area contributed by atoms with Crippen LogP contribution in [-0.4, -0.2) is 30.4 Å². The molecule has 2 aromatic rings. The summed E-state index contributed by atoms with van der Waals surface area (Å²) in [5, 5.41) is 3.70. The summed E-state index contributed by atoms with van der Waals surface area (Å²) in [5.74, 6) is -0.972. The number of carbonyl (C=O) groups excluding carboxylic acids is 2. The third kappa shape index (κ3) is 2.96. The lowest BCUT2D eigenvalue weighted by molar-refractivity contribution is -0.125. The molecule has 1 heterocycles. The largest absolute Gasteiger partial charge is 0.381 e. The smallest absolute Gasteiger partial charge is 0.235 e. The SMILES string of the molecule is COC1CCC2(C1)NC(=O)C(c1c(C)ccc(-c3ccc(Cl)cc3)c1C)C2=O. The molecule has 2 fully saturated rings. The van der Waals surface area contributed by atoms with Crippen LogP contribution in [-0.2, 0) is 14.3 Å². The molecular formula is C23H24ClNO3. The number of aryl methyl sites for hydroxylation is 1. The van der Waals surface area contributed by atoms with Gasteiger partial charge in [-0.2, -0.15) is 0 Å². The molecule has 4 nitrogen and oxygen atoms in total. The van der Waals surface area contributed by atoms with Crippen molar-refractivity contribution in [2.24, 2.45) is 0 Å². The highest BCUT2D eigenvalue weighted by Crippen LogP contribution is 2.43. The Labute approximate surface area is 170 Å². The second kappa shape index (κ2) is 7.02. The van der Waals surface area contributed by atoms with E-state index in [1.807, 2.05) is 50.2 Å². The van der Waals surface area contributed by atoms with Crippen molar-refractivity contribution >= 4 is 23.3 Å². The zero-order valence-corrected chi connectivity index (χ0v) is 17.1. The number of halogens is 1. The van der Waals surface area contributed by atoms with Gasteiger partial charge in [0.25, 0.3) is 0 Å². The summed E-state index contributed by atoms with van der Waals surface area (Å²) in [4.78, 5) is 26.4. The fourth-order valence-corrected chi connectivity index (χ4v) is 4.94. The molecule has 0 bridgehead atoms. The minimum Gasteiger partial charge on any atom is -0.381 e. The number of Topliss-reactive ketones (excluding diaryl/α,β-unsaturated/α-hetero) is 1. The van der Waals surface area contributed by atoms with Gasteiger partial charge in [-0.25, -0.2) is 0 Å². The van der Waals surface area contributed by atoms with Crippen molar-refractivity contribution in [3.8, 4) is 11.1 Å². The third-order valence-electron chi connectivity index (χ3n) is 6.34. The standard InChI is InChI=1S/C23H24ClNO3/c1-13-4-9-18(15-5-7-16(24)8-6-15)14(2)19(13)20-21(26)23(25-22(20)27)11-10-17(12-23)28-3/h4-9,17,20H,10-12H2,1-3H3,(H,25,27). The Morgan fingerprint density at radius 1 is 1.11 bits per heavy atom. The Bertz CT molecular complexity index is 953. The van der Waals surface area contributed by atoms with Gasteiger partial charge >= 0.3 is 0 Å². The van der Waals surface area contributed by atoms with Crippen LogP contribution in [0.5, 0.6) is 0 Å². The Kier molecular flexibility index (Phi) is 4.80. The summed E-state index contributed by atoms with van der Waals surface area (Å²) >= 11 is 6.02. The highest BCUT2D eigenvalue weighted by molar-refractivity contribution is 6.30. The van der Waals surface area contributed by atoms with E-state index in [1.165, 1.54) is 0 Å². The maximum Gasteiger partial charge on any atom is 0.235 e. The fraction of sp³-hybridized carbons (Fsp3) is 0.391. The van der Waals surface area contributed by atoms with Gasteiger partial charge in [0.15, 0.2) is 5.78 Å². The molecule has 3 atom stereocenters. The van der Waals surface area contributed by atoms with E-state index in [9.17, 15) is 9.59 Å². The lowest BCUT2D eigenvalue weighted by Gasteiger charge is -2.22. The molecule has 1 spiro atoms. The normalized spacial score (nSPS) is 26.9. The number of hydrogen-bond donors (Lipinski definition) is 1. The Morgan fingerprint density at radius 2 is 1.82 bits per heavy atom. The first-order chi connectivity index (χ1) is 13.4. The van der Waals surface area contributed by atoms with Crippen molar-refractivity contribution in [2.75, 3.05) is 7.11 Å². The Hall–Kier alpha value is -2.17. The summed E-state index contributed by atoms with van der Waals surface area (Å²) in [6.45, 7) is 3.95. The molecule has 1 aliphatic heterocycles. The van der Waals surface area contributed by atoms with Crippen LogP contribution in [0.15, 0.2) is 36.4 Å². The van der Waals surface area contributed by atoms with Gasteiger partial charge in [0.2, 0.25) is 5.91 Å². The number of hydrogen-bond acceptors (Lipinski definition) is 3. The van der Waals surface area contributed by atoms with Gasteiger partial charge in [-0.1, -0.05) is 35.9 Å². The first-order valence-corrected chi connectivity index (χ1v) is 9.99. The number of rotatable bonds is 3. The van der Waals surface area contributed by atoms with Gasteiger partial charge in [0.05, 0.1) is 6.10 Å². The van der Waals surface area contributed by atoms with Gasteiger partial charge in [-0.15, -0.1) is 0 Å². The topological polar surface area (TPSA) is 55.4 Å². The molecule has 1 saturated heterocycles. The van der Waals surface area contributed by atoms with E-state index in [1.54, 1.807) is 7.11 Å². The van der Waals surface area contributed by atoms with Crippen molar-refractivity contribution in [3.05, 3.63) is 58.1 Å². The van der Waals surface area contributed by atoms with Crippen LogP contribution >= 0.6 is 11.6 Å². The van der Waals surface area contributed by atoms with E-state index in [0.29, 0.717) is 17.9 Å². The lowest BCUT2D eigenvalue weighted by atomic mass is 9.80. The minimum absolute atomic E-state index is 0.0171. The predicted octanol–water partition coefficient (Wildman–Crippen LogP) is 4.34. The fourth-order valence-electron chi connectivity index (χ4n) is 4.82. The highest BCUT2D eigenvalue weighted by atomic mass is 35.5. The van der Waals surface area contributed by atoms with Crippen LogP contribution in [0.4, 0.5) is 0 Å². The summed E-state index contributed by atoms with van der Waals surface area (Å²) in [6.07, 6.45) is 2.00. The quantitative estimate of drug-likeness (QED) is 0.783. The van der Waals surface area contributed by atoms with Crippen molar-refractivity contribution in [1.29, 1.82) is 0 Å². The van der Waals surface area contributed by atoms with Crippen LogP contribution in [0, 0.1) is 13.8 Å². The summed E-state index contributed by atoms with van der Waals surface area (Å²) in [5.41, 5.74) is 4.00. The molecule has 2 aromatic carbocycles. The second-order valence-corrected chi connectivity index (χ2v) is 8.38. The first kappa shape index (κ1) is 19.2. The second-order valence-electron chi connectivity index (χ2n) is 7.94. The van der Waals surface area contributed by atoms with Gasteiger partial charge < -0.3 is 10.1 Å². The number of carbonyl (C=O) groups is 2. The first-order valence-electron chi connectivity index (χ1n) is 9.61. The average molecular weight is 398 g/mol. The number of benzene rings is 2. The molecular weight excluding hydrogens is 374 g/mol. The van der Waals surface area contributed by atoms with Crippen LogP contribution in [0.1, 0.15) is 41.9 Å². The molecule has 0 radical (unpaired) electrons. The molecule has 1 amide bonds. The number of nitrogens with one attached hydrogen (secondary N) is 1. The van der Waals surface area contributed by atoms with E-state index in [2.05, 4.69) is 5.32 Å². The Balaban J connectivity index is 1.77. The minimum atomic E-state index is -0.780. The molecule has 3 unspecified atom stereocenters. The van der Waals surface area contributed by atoms with Crippen molar-refractivity contribution in [2.45, 2.75) is 50.7 Å². The molecule has 0 aromatic heterocycles. The maximum atomic E-state index is 13.4. The number of methoxy groups -OCH3 is 1. The summed E-state index contributed by atoms with van der Waals surface area (Å²) in [7, 11) is 1.66. The van der Waals surface area contributed by atoms with Crippen LogP contribution in [0.2, 0.25) is 5.02 Å². The molecule has 28 heavy (non-hydrogen) atoms. The zero-order valence-electron chi connectivity index (χ0n) is 16.3. The van der Waals surface area contributed by atoms with Crippen LogP contribution in [0.25, 0.3) is 11.1 Å². The molecule has 1 N–H and O–H groups in total. The van der Waals surface area contributed by atoms with E-state index in [0.717, 1.165) is 34.2 Å². The molecule has 146 valence electrons. The number of amides is 1. The molecule has 1 saturated carbocycles. The lowest BCUT2D eigenvalue weighted by Crippen LogP contribution is -2.44. The van der Waals surface area contributed by atoms with Crippen LogP contribution in [0.3, 0.4) is 0 Å². The van der Waals surface area contributed by atoms with Gasteiger partial charge in [0, 0.05) is 18.6 Å². The average Bonchev–Trinajstić information content (AvgIpc) is 3.19. The Morgan fingerprint density at radius 3 is 2.46 bits per heavy atom. The summed E-state index contributed by atoms with van der Waals surface area (Å²) in [6, 6.07) is 11.7. The zero-order chi connectivity index (χ0) is 20.1. The summed E-state index contributed by atoms with van der Waals surface area (Å²) < 4.78 is 5.44. The third-order valence-corrected chi connectivity index (χ3v) is 6.59.